The van der Waals surface area contributed by atoms with E-state index in [0.717, 1.165) is 10.0 Å². The zero-order valence-corrected chi connectivity index (χ0v) is 20.0. The van der Waals surface area contributed by atoms with E-state index in [1.807, 2.05) is 6.92 Å². The Kier molecular flexibility index (Phi) is 6.80. The summed E-state index contributed by atoms with van der Waals surface area (Å²) in [6, 6.07) is 19.2. The Hall–Kier alpha value is -3.17. The Labute approximate surface area is 199 Å². The number of hydrogen-bond acceptors (Lipinski definition) is 6. The van der Waals surface area contributed by atoms with Crippen LogP contribution in [0.4, 0.5) is 10.3 Å². The quantitative estimate of drug-likeness (QED) is 0.297. The number of anilines is 1. The highest BCUT2D eigenvalue weighted by Crippen LogP contribution is 2.33. The summed E-state index contributed by atoms with van der Waals surface area (Å²) >= 11 is 3.31. The molecule has 0 aliphatic heterocycles. The molecule has 170 valence electrons. The van der Waals surface area contributed by atoms with Gasteiger partial charge in [0.25, 0.3) is 0 Å². The first kappa shape index (κ1) is 23.0. The molecule has 4 aromatic rings. The number of sulfone groups is 1. The average Bonchev–Trinajstić information content (AvgIpc) is 3.25. The van der Waals surface area contributed by atoms with E-state index in [4.69, 9.17) is 9.15 Å². The summed E-state index contributed by atoms with van der Waals surface area (Å²) in [5.41, 5.74) is 1.35. The van der Waals surface area contributed by atoms with Crippen molar-refractivity contribution < 1.29 is 22.0 Å². The van der Waals surface area contributed by atoms with Crippen molar-refractivity contribution in [1.29, 1.82) is 0 Å². The van der Waals surface area contributed by atoms with Gasteiger partial charge in [0, 0.05) is 16.6 Å². The van der Waals surface area contributed by atoms with Crippen LogP contribution in [0.1, 0.15) is 12.5 Å². The predicted molar refractivity (Wildman–Crippen MR) is 126 cm³/mol. The molecule has 6 nitrogen and oxygen atoms in total. The number of nitrogens with zero attached hydrogens (tertiary/aromatic N) is 1. The van der Waals surface area contributed by atoms with E-state index in [1.54, 1.807) is 48.5 Å². The minimum absolute atomic E-state index is 0.00567. The molecule has 33 heavy (non-hydrogen) atoms. The van der Waals surface area contributed by atoms with Crippen molar-refractivity contribution in [3.8, 4) is 17.2 Å². The van der Waals surface area contributed by atoms with Gasteiger partial charge in [0.2, 0.25) is 26.6 Å². The molecule has 0 radical (unpaired) electrons. The van der Waals surface area contributed by atoms with Gasteiger partial charge in [0.1, 0.15) is 11.6 Å². The lowest BCUT2D eigenvalue weighted by Gasteiger charge is -2.06. The maximum Gasteiger partial charge on any atom is 0.234 e. The first-order chi connectivity index (χ1) is 15.9. The van der Waals surface area contributed by atoms with Crippen LogP contribution in [0, 0.1) is 5.82 Å². The van der Waals surface area contributed by atoms with Gasteiger partial charge in [-0.25, -0.2) is 12.8 Å². The van der Waals surface area contributed by atoms with Crippen molar-refractivity contribution in [3.63, 3.8) is 0 Å². The molecular formula is C24H20BrFN2O4S. The molecule has 3 aromatic carbocycles. The number of ether oxygens (including phenoxy) is 1. The molecule has 0 aliphatic rings. The first-order valence-corrected chi connectivity index (χ1v) is 12.4. The number of nitrogens with one attached hydrogen (secondary N) is 1. The van der Waals surface area contributed by atoms with Crippen molar-refractivity contribution in [1.82, 2.24) is 4.98 Å². The van der Waals surface area contributed by atoms with E-state index in [9.17, 15) is 12.8 Å². The molecular weight excluding hydrogens is 511 g/mol. The number of oxazole rings is 1. The van der Waals surface area contributed by atoms with E-state index in [0.29, 0.717) is 17.9 Å². The van der Waals surface area contributed by atoms with Gasteiger partial charge in [-0.05, 0) is 73.2 Å². The van der Waals surface area contributed by atoms with Crippen molar-refractivity contribution in [2.45, 2.75) is 23.4 Å². The SMILES string of the molecule is CCOc1ccc(-c2nc(S(=O)(=O)c3ccc(Br)cc3)c(NCc3ccc(F)cc3)o2)cc1. The van der Waals surface area contributed by atoms with E-state index in [-0.39, 0.29) is 34.1 Å². The summed E-state index contributed by atoms with van der Waals surface area (Å²) < 4.78 is 52.0. The van der Waals surface area contributed by atoms with E-state index in [2.05, 4.69) is 26.2 Å². The van der Waals surface area contributed by atoms with E-state index >= 15 is 0 Å². The molecule has 1 aromatic heterocycles. The summed E-state index contributed by atoms with van der Waals surface area (Å²) in [5.74, 6) is 0.487. The first-order valence-electron chi connectivity index (χ1n) is 10.1. The second-order valence-corrected chi connectivity index (χ2v) is 9.83. The third-order valence-electron chi connectivity index (χ3n) is 4.75. The smallest absolute Gasteiger partial charge is 0.234 e. The summed E-state index contributed by atoms with van der Waals surface area (Å²) in [6.45, 7) is 2.65. The molecule has 1 heterocycles. The molecule has 0 fully saturated rings. The fourth-order valence-corrected chi connectivity index (χ4v) is 4.64. The third kappa shape index (κ3) is 5.26. The van der Waals surface area contributed by atoms with Crippen LogP contribution >= 0.6 is 15.9 Å². The normalized spacial score (nSPS) is 11.4. The minimum Gasteiger partial charge on any atom is -0.494 e. The van der Waals surface area contributed by atoms with Crippen molar-refractivity contribution in [2.24, 2.45) is 0 Å². The Balaban J connectivity index is 1.72. The standard InChI is InChI=1S/C24H20BrFN2O4S/c1-2-31-20-11-5-17(6-12-20)22-28-24(33(29,30)21-13-7-18(25)8-14-21)23(32-22)27-15-16-3-9-19(26)10-4-16/h3-14,27H,2,15H2,1H3. The van der Waals surface area contributed by atoms with Crippen molar-refractivity contribution in [2.75, 3.05) is 11.9 Å². The van der Waals surface area contributed by atoms with Crippen molar-refractivity contribution >= 4 is 31.7 Å². The zero-order valence-electron chi connectivity index (χ0n) is 17.6. The summed E-state index contributed by atoms with van der Waals surface area (Å²) in [5, 5.41) is 2.77. The van der Waals surface area contributed by atoms with E-state index in [1.165, 1.54) is 24.3 Å². The Morgan fingerprint density at radius 2 is 1.67 bits per heavy atom. The summed E-state index contributed by atoms with van der Waals surface area (Å²) in [7, 11) is -3.97. The molecule has 0 spiro atoms. The van der Waals surface area contributed by atoms with Crippen LogP contribution in [0.25, 0.3) is 11.5 Å². The summed E-state index contributed by atoms with van der Waals surface area (Å²) in [6.07, 6.45) is 0. The number of hydrogen-bond donors (Lipinski definition) is 1. The lowest BCUT2D eigenvalue weighted by Crippen LogP contribution is -2.07. The molecule has 0 bridgehead atoms. The minimum atomic E-state index is -3.97. The lowest BCUT2D eigenvalue weighted by atomic mass is 10.2. The maximum atomic E-state index is 13.4. The zero-order chi connectivity index (χ0) is 23.4. The largest absolute Gasteiger partial charge is 0.494 e. The van der Waals surface area contributed by atoms with Gasteiger partial charge >= 0.3 is 0 Å². The second kappa shape index (κ2) is 9.76. The topological polar surface area (TPSA) is 81.4 Å². The number of aromatic nitrogens is 1. The second-order valence-electron chi connectivity index (χ2n) is 7.05. The van der Waals surface area contributed by atoms with Gasteiger partial charge in [-0.2, -0.15) is 4.98 Å². The van der Waals surface area contributed by atoms with Crippen LogP contribution in [0.5, 0.6) is 5.75 Å². The maximum absolute atomic E-state index is 13.4. The van der Waals surface area contributed by atoms with Crippen LogP contribution in [0.15, 0.2) is 91.6 Å². The Bertz CT molecular complexity index is 1340. The van der Waals surface area contributed by atoms with Crippen molar-refractivity contribution in [3.05, 3.63) is 88.6 Å². The number of halogens is 2. The highest BCUT2D eigenvalue weighted by atomic mass is 79.9. The number of benzene rings is 3. The molecule has 0 unspecified atom stereocenters. The van der Waals surface area contributed by atoms with Gasteiger partial charge in [0.15, 0.2) is 0 Å². The molecule has 0 aliphatic carbocycles. The molecule has 9 heteroatoms. The summed E-state index contributed by atoms with van der Waals surface area (Å²) in [4.78, 5) is 4.41. The predicted octanol–water partition coefficient (Wildman–Crippen LogP) is 6.09. The molecule has 0 atom stereocenters. The molecule has 0 saturated carbocycles. The molecule has 0 amide bonds. The van der Waals surface area contributed by atoms with Gasteiger partial charge in [-0.3, -0.25) is 0 Å². The fourth-order valence-electron chi connectivity index (χ4n) is 3.09. The number of rotatable bonds is 8. The third-order valence-corrected chi connectivity index (χ3v) is 6.96. The highest BCUT2D eigenvalue weighted by Gasteiger charge is 2.28. The molecule has 0 saturated heterocycles. The lowest BCUT2D eigenvalue weighted by molar-refractivity contribution is 0.340. The van der Waals surface area contributed by atoms with Gasteiger partial charge < -0.3 is 14.5 Å². The van der Waals surface area contributed by atoms with Crippen LogP contribution in [0.3, 0.4) is 0 Å². The molecule has 1 N–H and O–H groups in total. The van der Waals surface area contributed by atoms with Crippen LogP contribution in [-0.2, 0) is 16.4 Å². The van der Waals surface area contributed by atoms with Crippen LogP contribution < -0.4 is 10.1 Å². The van der Waals surface area contributed by atoms with Gasteiger partial charge in [-0.15, -0.1) is 0 Å². The van der Waals surface area contributed by atoms with Crippen LogP contribution in [0.2, 0.25) is 0 Å². The van der Waals surface area contributed by atoms with Gasteiger partial charge in [-0.1, -0.05) is 28.1 Å². The highest BCUT2D eigenvalue weighted by molar-refractivity contribution is 9.10. The van der Waals surface area contributed by atoms with Crippen LogP contribution in [-0.4, -0.2) is 20.0 Å². The fraction of sp³-hybridized carbons (Fsp3) is 0.125. The average molecular weight is 531 g/mol. The monoisotopic (exact) mass is 530 g/mol. The molecule has 4 rings (SSSR count). The Morgan fingerprint density at radius 1 is 1.00 bits per heavy atom. The Morgan fingerprint density at radius 3 is 2.30 bits per heavy atom. The van der Waals surface area contributed by atoms with Gasteiger partial charge in [0.05, 0.1) is 11.5 Å². The van der Waals surface area contributed by atoms with E-state index < -0.39 is 9.84 Å².